The second kappa shape index (κ2) is 18.4. The van der Waals surface area contributed by atoms with Gasteiger partial charge in [-0.25, -0.2) is 0 Å². The number of rotatable bonds is 17. The lowest BCUT2D eigenvalue weighted by molar-refractivity contribution is -0.129. The number of ether oxygens (including phenoxy) is 1. The van der Waals surface area contributed by atoms with Crippen molar-refractivity contribution in [1.29, 1.82) is 0 Å². The van der Waals surface area contributed by atoms with Crippen molar-refractivity contribution < 1.29 is 33.0 Å². The van der Waals surface area contributed by atoms with Crippen LogP contribution in [-0.4, -0.2) is 96.5 Å². The number of aliphatic hydroxyl groups is 2. The molecule has 13 heteroatoms. The number of carbonyl (C=O) groups is 2. The first kappa shape index (κ1) is 36.7. The van der Waals surface area contributed by atoms with E-state index in [1.54, 1.807) is 0 Å². The van der Waals surface area contributed by atoms with Crippen molar-refractivity contribution in [3.8, 4) is 0 Å². The first-order valence-electron chi connectivity index (χ1n) is 16.0. The molecule has 0 radical (unpaired) electrons. The monoisotopic (exact) mass is 656 g/mol. The first-order chi connectivity index (χ1) is 21.0. The lowest BCUT2D eigenvalue weighted by atomic mass is 9.82. The maximum Gasteiger partial charge on any atom is 0.280 e. The van der Waals surface area contributed by atoms with Gasteiger partial charge in [0.2, 0.25) is 5.91 Å². The highest BCUT2D eigenvalue weighted by atomic mass is 32.2. The van der Waals surface area contributed by atoms with Crippen LogP contribution in [0.25, 0.3) is 0 Å². The zero-order chi connectivity index (χ0) is 32.1. The van der Waals surface area contributed by atoms with Gasteiger partial charge in [-0.3, -0.25) is 9.59 Å². The number of amides is 2. The molecule has 250 valence electrons. The number of thioether (sulfide) groups is 1. The number of nitrogens with one attached hydrogen (secondary N) is 3. The molecule has 2 amide bonds. The molecule has 5 atom stereocenters. The Kier molecular flexibility index (Phi) is 15.4. The SMILES string of the molecule is CCS[C@H](NC(=O)[C@H](Cc1ccccc1)NS(=O)(=O)N1CCOCC1)C(=O)N[C@@H](CC1CCCCC1)[C@@H](O)[C@@H](O)CC(C)C. The molecule has 1 heterocycles. The van der Waals surface area contributed by atoms with Gasteiger partial charge in [0.1, 0.15) is 12.1 Å². The van der Waals surface area contributed by atoms with Crippen LogP contribution in [0.1, 0.15) is 71.3 Å². The maximum atomic E-state index is 13.7. The fourth-order valence-corrected chi connectivity index (χ4v) is 7.95. The minimum absolute atomic E-state index is 0.0891. The molecule has 0 spiro atoms. The van der Waals surface area contributed by atoms with Crippen LogP contribution in [0.5, 0.6) is 0 Å². The highest BCUT2D eigenvalue weighted by Gasteiger charge is 2.35. The smallest absolute Gasteiger partial charge is 0.280 e. The molecule has 0 bridgehead atoms. The molecule has 0 unspecified atom stereocenters. The molecule has 1 saturated carbocycles. The predicted octanol–water partition coefficient (Wildman–Crippen LogP) is 2.18. The van der Waals surface area contributed by atoms with Crippen molar-refractivity contribution in [2.75, 3.05) is 32.1 Å². The Morgan fingerprint density at radius 1 is 1.02 bits per heavy atom. The van der Waals surface area contributed by atoms with Gasteiger partial charge in [0.15, 0.2) is 5.37 Å². The van der Waals surface area contributed by atoms with Gasteiger partial charge in [0.25, 0.3) is 16.1 Å². The van der Waals surface area contributed by atoms with E-state index in [0.717, 1.165) is 31.2 Å². The summed E-state index contributed by atoms with van der Waals surface area (Å²) in [6.07, 6.45) is 4.26. The third-order valence-electron chi connectivity index (χ3n) is 8.20. The van der Waals surface area contributed by atoms with Gasteiger partial charge >= 0.3 is 0 Å². The van der Waals surface area contributed by atoms with E-state index in [2.05, 4.69) is 15.4 Å². The maximum absolute atomic E-state index is 13.7. The standard InChI is InChI=1S/C31H52N4O7S2/c1-4-43-31(30(39)32-25(20-23-11-7-5-8-12-23)28(37)27(36)19-22(2)3)33-29(38)26(21-24-13-9-6-10-14-24)34-44(40,41)35-15-17-42-18-16-35/h6,9-10,13-14,22-23,25-28,31,34,36-37H,4-5,7-8,11-12,15-21H2,1-3H3,(H,32,39)(H,33,38)/t25-,26-,27-,28+,31-/m0/s1. The molecule has 11 nitrogen and oxygen atoms in total. The second-order valence-corrected chi connectivity index (χ2v) is 15.3. The fraction of sp³-hybridized carbons (Fsp3) is 0.742. The summed E-state index contributed by atoms with van der Waals surface area (Å²) in [5.41, 5.74) is 0.760. The quantitative estimate of drug-likeness (QED) is 0.160. The molecule has 1 saturated heterocycles. The van der Waals surface area contributed by atoms with E-state index >= 15 is 0 Å². The average molecular weight is 657 g/mol. The molecule has 44 heavy (non-hydrogen) atoms. The lowest BCUT2D eigenvalue weighted by Gasteiger charge is -2.34. The highest BCUT2D eigenvalue weighted by molar-refractivity contribution is 8.00. The van der Waals surface area contributed by atoms with Gasteiger partial charge in [-0.2, -0.15) is 17.4 Å². The van der Waals surface area contributed by atoms with Crippen molar-refractivity contribution in [2.45, 2.75) is 102 Å². The molecule has 2 fully saturated rings. The lowest BCUT2D eigenvalue weighted by Crippen LogP contribution is -2.58. The van der Waals surface area contributed by atoms with Crippen molar-refractivity contribution in [1.82, 2.24) is 19.7 Å². The Bertz CT molecular complexity index is 1110. The van der Waals surface area contributed by atoms with E-state index in [-0.39, 0.29) is 38.6 Å². The van der Waals surface area contributed by atoms with Crippen LogP contribution in [0.3, 0.4) is 0 Å². The third-order valence-corrected chi connectivity index (χ3v) is 10.8. The normalized spacial score (nSPS) is 20.4. The van der Waals surface area contributed by atoms with Crippen LogP contribution < -0.4 is 15.4 Å². The predicted molar refractivity (Wildman–Crippen MR) is 173 cm³/mol. The fourth-order valence-electron chi connectivity index (χ4n) is 5.87. The summed E-state index contributed by atoms with van der Waals surface area (Å²) in [6, 6.07) is 7.24. The van der Waals surface area contributed by atoms with Crippen molar-refractivity contribution in [2.24, 2.45) is 11.8 Å². The second-order valence-electron chi connectivity index (χ2n) is 12.3. The average Bonchev–Trinajstić information content (AvgIpc) is 3.00. The molecule has 1 aliphatic carbocycles. The molecular weight excluding hydrogens is 604 g/mol. The minimum Gasteiger partial charge on any atom is -0.390 e. The number of benzene rings is 1. The first-order valence-corrected chi connectivity index (χ1v) is 18.5. The molecule has 2 aliphatic rings. The van der Waals surface area contributed by atoms with Crippen LogP contribution in [0.4, 0.5) is 0 Å². The summed E-state index contributed by atoms with van der Waals surface area (Å²) in [6.45, 7) is 6.69. The summed E-state index contributed by atoms with van der Waals surface area (Å²) in [5.74, 6) is -0.123. The number of aliphatic hydroxyl groups excluding tert-OH is 2. The van der Waals surface area contributed by atoms with Crippen molar-refractivity contribution >= 4 is 33.8 Å². The Morgan fingerprint density at radius 3 is 2.30 bits per heavy atom. The summed E-state index contributed by atoms with van der Waals surface area (Å²) >= 11 is 1.21. The van der Waals surface area contributed by atoms with Crippen LogP contribution >= 0.6 is 11.8 Å². The van der Waals surface area contributed by atoms with Gasteiger partial charge < -0.3 is 25.6 Å². The zero-order valence-electron chi connectivity index (χ0n) is 26.3. The van der Waals surface area contributed by atoms with Crippen LogP contribution in [0.15, 0.2) is 30.3 Å². The van der Waals surface area contributed by atoms with E-state index in [9.17, 15) is 28.2 Å². The molecule has 1 aromatic rings. The Balaban J connectivity index is 1.77. The summed E-state index contributed by atoms with van der Waals surface area (Å²) in [4.78, 5) is 27.4. The van der Waals surface area contributed by atoms with Gasteiger partial charge in [-0.1, -0.05) is 83.2 Å². The van der Waals surface area contributed by atoms with E-state index in [0.29, 0.717) is 24.5 Å². The largest absolute Gasteiger partial charge is 0.390 e. The van der Waals surface area contributed by atoms with Crippen molar-refractivity contribution in [3.05, 3.63) is 35.9 Å². The Morgan fingerprint density at radius 2 is 1.68 bits per heavy atom. The van der Waals surface area contributed by atoms with Gasteiger partial charge in [-0.15, -0.1) is 11.8 Å². The van der Waals surface area contributed by atoms with E-state index < -0.39 is 51.7 Å². The van der Waals surface area contributed by atoms with Gasteiger partial charge in [0.05, 0.1) is 25.4 Å². The molecule has 5 N–H and O–H groups in total. The summed E-state index contributed by atoms with van der Waals surface area (Å²) in [7, 11) is -4.01. The third kappa shape index (κ3) is 11.9. The topological polar surface area (TPSA) is 157 Å². The van der Waals surface area contributed by atoms with Crippen LogP contribution in [-0.2, 0) is 31.0 Å². The molecular formula is C31H52N4O7S2. The molecule has 1 aliphatic heterocycles. The van der Waals surface area contributed by atoms with E-state index in [4.69, 9.17) is 4.74 Å². The van der Waals surface area contributed by atoms with E-state index in [1.165, 1.54) is 22.5 Å². The molecule has 0 aromatic heterocycles. The molecule has 3 rings (SSSR count). The number of morpholine rings is 1. The summed E-state index contributed by atoms with van der Waals surface area (Å²) < 4.78 is 35.6. The minimum atomic E-state index is -4.01. The number of hydrogen-bond acceptors (Lipinski definition) is 8. The molecule has 1 aromatic carbocycles. The van der Waals surface area contributed by atoms with Crippen LogP contribution in [0, 0.1) is 11.8 Å². The van der Waals surface area contributed by atoms with Gasteiger partial charge in [0, 0.05) is 13.1 Å². The Hall–Kier alpha value is -1.74. The summed E-state index contributed by atoms with van der Waals surface area (Å²) in [5, 5.41) is 26.6. The number of hydrogen-bond donors (Lipinski definition) is 5. The van der Waals surface area contributed by atoms with Gasteiger partial charge in [-0.05, 0) is 42.4 Å². The Labute approximate surface area is 267 Å². The van der Waals surface area contributed by atoms with E-state index in [1.807, 2.05) is 51.1 Å². The van der Waals surface area contributed by atoms with Crippen molar-refractivity contribution in [3.63, 3.8) is 0 Å². The van der Waals surface area contributed by atoms with Crippen LogP contribution in [0.2, 0.25) is 0 Å². The zero-order valence-corrected chi connectivity index (χ0v) is 28.0. The number of carbonyl (C=O) groups excluding carboxylic acids is 2. The number of nitrogens with zero attached hydrogens (tertiary/aromatic N) is 1. The highest BCUT2D eigenvalue weighted by Crippen LogP contribution is 2.29.